The molecule has 5 heterocycles. The molecule has 2 radical (unpaired) electrons. The molecule has 0 N–H and O–H groups in total. The summed E-state index contributed by atoms with van der Waals surface area (Å²) in [5.74, 6) is 0.205. The molecule has 3 fully saturated rings. The number of nitriles is 1. The molecule has 1 atom stereocenters. The van der Waals surface area contributed by atoms with Gasteiger partial charge in [-0.25, -0.2) is 0 Å². The Kier molecular flexibility index (Phi) is 9.52. The van der Waals surface area contributed by atoms with Gasteiger partial charge in [-0.1, -0.05) is 0 Å². The van der Waals surface area contributed by atoms with Crippen molar-refractivity contribution in [3.05, 3.63) is 72.3 Å². The van der Waals surface area contributed by atoms with Crippen molar-refractivity contribution in [2.75, 3.05) is 52.5 Å². The maximum atomic E-state index is 15.7. The minimum absolute atomic E-state index is 0.103. The maximum absolute atomic E-state index is 15.7. The molecular weight excluding hydrogens is 698 g/mol. The van der Waals surface area contributed by atoms with Gasteiger partial charge in [-0.15, -0.1) is 0 Å². The summed E-state index contributed by atoms with van der Waals surface area (Å²) in [5, 5.41) is 15.8. The van der Waals surface area contributed by atoms with Crippen LogP contribution < -0.4 is 9.22 Å². The summed E-state index contributed by atoms with van der Waals surface area (Å²) in [4.78, 5) is 29.4. The predicted octanol–water partition coefficient (Wildman–Crippen LogP) is 4.02. The second-order valence-electron chi connectivity index (χ2n) is 14.1. The van der Waals surface area contributed by atoms with Gasteiger partial charge in [0.15, 0.2) is 0 Å². The Morgan fingerprint density at radius 3 is 2.54 bits per heavy atom. The van der Waals surface area contributed by atoms with Gasteiger partial charge in [-0.05, 0) is 6.92 Å². The first-order valence-electron chi connectivity index (χ1n) is 17.0. The third kappa shape index (κ3) is 6.68. The van der Waals surface area contributed by atoms with Crippen molar-refractivity contribution in [2.45, 2.75) is 50.7 Å². The second-order valence-corrected chi connectivity index (χ2v) is 15.0. The zero-order valence-corrected chi connectivity index (χ0v) is 30.4. The summed E-state index contributed by atoms with van der Waals surface area (Å²) in [7, 11) is 0. The van der Waals surface area contributed by atoms with E-state index in [2.05, 4.69) is 63.5 Å². The first-order chi connectivity index (χ1) is 24.1. The van der Waals surface area contributed by atoms with Crippen LogP contribution in [0.1, 0.15) is 39.7 Å². The van der Waals surface area contributed by atoms with E-state index in [1.54, 1.807) is 21.7 Å². The number of nitrogens with zero attached hydrogens (tertiary/aromatic N) is 8. The van der Waals surface area contributed by atoms with Gasteiger partial charge in [0.1, 0.15) is 0 Å². The Bertz CT molecular complexity index is 1960. The van der Waals surface area contributed by atoms with Crippen LogP contribution in [0.25, 0.3) is 22.3 Å². The number of para-hydroxylation sites is 1. The van der Waals surface area contributed by atoms with Gasteiger partial charge in [0.2, 0.25) is 0 Å². The van der Waals surface area contributed by atoms with Crippen LogP contribution >= 0.6 is 0 Å². The number of piperidine rings is 1. The Labute approximate surface area is 300 Å². The van der Waals surface area contributed by atoms with E-state index in [0.717, 1.165) is 52.2 Å². The molecule has 3 aliphatic heterocycles. The Morgan fingerprint density at radius 2 is 1.86 bits per heavy atom. The molecule has 13 heteroatoms. The number of carbonyl (C=O) groups excluding carboxylic acids is 1. The van der Waals surface area contributed by atoms with E-state index in [4.69, 9.17) is 14.6 Å². The molecule has 0 spiro atoms. The predicted molar refractivity (Wildman–Crippen MR) is 188 cm³/mol. The van der Waals surface area contributed by atoms with Crippen molar-refractivity contribution >= 4 is 38.3 Å². The molecule has 3 saturated heterocycles. The Morgan fingerprint density at radius 1 is 1.10 bits per heavy atom. The van der Waals surface area contributed by atoms with Crippen LogP contribution in [0.15, 0.2) is 66.5 Å². The van der Waals surface area contributed by atoms with Crippen LogP contribution in [0.3, 0.4) is 0 Å². The molecule has 2 aromatic heterocycles. The number of hydrogen-bond acceptors (Lipinski definition) is 9. The molecule has 4 aromatic rings. The van der Waals surface area contributed by atoms with Crippen LogP contribution in [-0.4, -0.2) is 121 Å². The number of benzene rings is 2. The fourth-order valence-electron chi connectivity index (χ4n) is 7.28. The Balaban J connectivity index is 1.11. The minimum atomic E-state index is -0.486. The van der Waals surface area contributed by atoms with Crippen molar-refractivity contribution in [3.63, 3.8) is 0 Å². The Hall–Kier alpha value is -4.14. The molecule has 11 nitrogen and oxygen atoms in total. The van der Waals surface area contributed by atoms with Crippen molar-refractivity contribution in [2.24, 2.45) is 0 Å². The number of aromatic nitrogens is 4. The van der Waals surface area contributed by atoms with Crippen LogP contribution in [0, 0.1) is 17.1 Å². The van der Waals surface area contributed by atoms with Crippen LogP contribution in [0.5, 0.6) is 11.5 Å². The quantitative estimate of drug-likeness (QED) is 0.150. The number of fused-ring (bicyclic) bond motifs is 1. The van der Waals surface area contributed by atoms with Gasteiger partial charge >= 0.3 is 240 Å². The fraction of sp³-hybridized carbons (Fsp3) is 0.432. The van der Waals surface area contributed by atoms with E-state index >= 15 is 4.39 Å². The molecule has 2 aromatic carbocycles. The number of hydrogen-bond donors (Lipinski definition) is 0. The third-order valence-electron chi connectivity index (χ3n) is 10.2. The average molecular weight is 739 g/mol. The summed E-state index contributed by atoms with van der Waals surface area (Å²) in [6, 6.07) is 15.9. The number of rotatable bonds is 8. The number of piperazine rings is 1. The zero-order valence-electron chi connectivity index (χ0n) is 28.5. The molecule has 0 saturated carbocycles. The minimum Gasteiger partial charge on any atom is -0.377 e. The van der Waals surface area contributed by atoms with E-state index in [9.17, 15) is 10.1 Å². The molecule has 7 rings (SSSR count). The van der Waals surface area contributed by atoms with E-state index < -0.39 is 11.4 Å². The molecule has 0 aliphatic carbocycles. The summed E-state index contributed by atoms with van der Waals surface area (Å²) < 4.78 is 29.5. The topological polar surface area (TPSA) is 113 Å². The molecule has 3 aliphatic rings. The van der Waals surface area contributed by atoms with Gasteiger partial charge in [-0.3, -0.25) is 4.90 Å². The van der Waals surface area contributed by atoms with Crippen molar-refractivity contribution in [3.8, 4) is 28.8 Å². The van der Waals surface area contributed by atoms with Crippen molar-refractivity contribution in [1.82, 2.24) is 34.4 Å². The van der Waals surface area contributed by atoms with E-state index in [1.165, 1.54) is 12.4 Å². The fourth-order valence-corrected chi connectivity index (χ4v) is 7.82. The molecule has 0 unspecified atom stereocenters. The first-order valence-corrected chi connectivity index (χ1v) is 18.0. The SMILES string of the molecule is CC(C)(C=C(C#N)C(=O)N1CCC[C@@H](n2nc(-c3ccc(Oc4ccccc4)cc3F)c3c([As])ncnc32)C1)N1CCN(C2(C)COC2)CC1. The van der Waals surface area contributed by atoms with E-state index in [0.29, 0.717) is 51.4 Å². The van der Waals surface area contributed by atoms with Crippen molar-refractivity contribution < 1.29 is 18.7 Å². The number of likely N-dealkylation sites (tertiary alicyclic amines) is 1. The third-order valence-corrected chi connectivity index (χ3v) is 10.9. The molecule has 258 valence electrons. The second kappa shape index (κ2) is 13.9. The van der Waals surface area contributed by atoms with Gasteiger partial charge in [-0.2, -0.15) is 0 Å². The van der Waals surface area contributed by atoms with Gasteiger partial charge in [0.25, 0.3) is 0 Å². The summed E-state index contributed by atoms with van der Waals surface area (Å²) in [6.07, 6.45) is 4.76. The number of amides is 1. The van der Waals surface area contributed by atoms with Crippen molar-refractivity contribution in [1.29, 1.82) is 5.26 Å². The average Bonchev–Trinajstić information content (AvgIpc) is 3.50. The summed E-state index contributed by atoms with van der Waals surface area (Å²) in [5.41, 5.74) is 1.04. The molecule has 50 heavy (non-hydrogen) atoms. The smallest absolute Gasteiger partial charge is 0.377 e. The molecule has 0 bridgehead atoms. The van der Waals surface area contributed by atoms with E-state index in [-0.39, 0.29) is 23.1 Å². The summed E-state index contributed by atoms with van der Waals surface area (Å²) in [6.45, 7) is 12.3. The van der Waals surface area contributed by atoms with Gasteiger partial charge in [0, 0.05) is 26.2 Å². The van der Waals surface area contributed by atoms with E-state index in [1.807, 2.05) is 36.4 Å². The van der Waals surface area contributed by atoms with Crippen LogP contribution in [-0.2, 0) is 9.53 Å². The van der Waals surface area contributed by atoms with Gasteiger partial charge < -0.3 is 4.74 Å². The molecule has 1 amide bonds. The number of carbonyl (C=O) groups is 1. The standard InChI is InChI=1S/C37H40AsFN8O3/c1-36(2,45-14-16-46(17-15-45)37(3)22-49-23-37)19-25(20-40)35(48)44-13-7-8-26(21-44)47-34-31(33(38)41-24-42-34)32(43-47)29-12-11-28(18-30(29)39)50-27-9-5-4-6-10-27/h4-6,9-12,18-19,24,26H,7-8,13-17,21-23H2,1-3H3/t26-/m1/s1. The normalized spacial score (nSPS) is 20.4. The first kappa shape index (κ1) is 34.3. The number of halogens is 1. The summed E-state index contributed by atoms with van der Waals surface area (Å²) >= 11 is 2.42. The van der Waals surface area contributed by atoms with Crippen LogP contribution in [0.4, 0.5) is 4.39 Å². The van der Waals surface area contributed by atoms with Crippen LogP contribution in [0.2, 0.25) is 0 Å². The van der Waals surface area contributed by atoms with Gasteiger partial charge in [0.05, 0.1) is 18.8 Å². The molecular formula is C37H40AsFN8O3. The zero-order chi connectivity index (χ0) is 35.0. The number of ether oxygens (including phenoxy) is 2. The monoisotopic (exact) mass is 738 g/mol.